The molecule has 0 amide bonds. The molecule has 0 saturated carbocycles. The fourth-order valence-corrected chi connectivity index (χ4v) is 3.29. The second kappa shape index (κ2) is 5.81. The molecule has 112 valence electrons. The number of halogens is 2. The van der Waals surface area contributed by atoms with Crippen LogP contribution in [-0.4, -0.2) is 8.42 Å². The Morgan fingerprint density at radius 1 is 1.14 bits per heavy atom. The Hall–Kier alpha value is -1.95. The topological polar surface area (TPSA) is 46.2 Å². The Bertz CT molecular complexity index is 773. The molecule has 0 fully saturated rings. The van der Waals surface area contributed by atoms with Gasteiger partial charge in [0.1, 0.15) is 16.5 Å². The van der Waals surface area contributed by atoms with E-state index < -0.39 is 26.6 Å². The third kappa shape index (κ3) is 3.21. The van der Waals surface area contributed by atoms with Crippen LogP contribution >= 0.6 is 0 Å². The summed E-state index contributed by atoms with van der Waals surface area (Å²) in [5.74, 6) is -1.94. The number of aryl methyl sites for hydroxylation is 2. The molecule has 0 aromatic heterocycles. The summed E-state index contributed by atoms with van der Waals surface area (Å²) in [5, 5.41) is 0. The van der Waals surface area contributed by atoms with Crippen molar-refractivity contribution < 1.29 is 17.2 Å². The molecule has 0 unspecified atom stereocenters. The Morgan fingerprint density at radius 3 is 2.48 bits per heavy atom. The van der Waals surface area contributed by atoms with Gasteiger partial charge in [0.25, 0.3) is 10.0 Å². The van der Waals surface area contributed by atoms with Crippen molar-refractivity contribution in [2.75, 3.05) is 4.72 Å². The number of nitrogens with one attached hydrogen (secondary N) is 1. The summed E-state index contributed by atoms with van der Waals surface area (Å²) in [6.45, 7) is 3.66. The highest BCUT2D eigenvalue weighted by molar-refractivity contribution is 7.92. The maximum atomic E-state index is 13.7. The van der Waals surface area contributed by atoms with Crippen LogP contribution in [0.15, 0.2) is 41.3 Å². The summed E-state index contributed by atoms with van der Waals surface area (Å²) < 4.78 is 53.5. The molecule has 0 aliphatic rings. The van der Waals surface area contributed by atoms with Gasteiger partial charge >= 0.3 is 0 Å². The van der Waals surface area contributed by atoms with Crippen molar-refractivity contribution in [2.45, 2.75) is 25.2 Å². The van der Waals surface area contributed by atoms with Crippen molar-refractivity contribution in [1.82, 2.24) is 0 Å². The molecule has 0 saturated heterocycles. The minimum Gasteiger partial charge on any atom is -0.279 e. The minimum atomic E-state index is -4.11. The molecular formula is C15H15F2NO2S. The van der Waals surface area contributed by atoms with E-state index in [1.54, 1.807) is 19.1 Å². The summed E-state index contributed by atoms with van der Waals surface area (Å²) >= 11 is 0. The Balaban J connectivity index is 2.47. The number of rotatable bonds is 4. The normalized spacial score (nSPS) is 11.4. The maximum absolute atomic E-state index is 13.7. The molecule has 2 rings (SSSR count). The van der Waals surface area contributed by atoms with E-state index in [9.17, 15) is 17.2 Å². The minimum absolute atomic E-state index is 0.434. The van der Waals surface area contributed by atoms with Crippen LogP contribution in [0, 0.1) is 18.6 Å². The van der Waals surface area contributed by atoms with E-state index >= 15 is 0 Å². The molecule has 0 aliphatic carbocycles. The van der Waals surface area contributed by atoms with Gasteiger partial charge < -0.3 is 0 Å². The summed E-state index contributed by atoms with van der Waals surface area (Å²) in [6.07, 6.45) is 0.630. The van der Waals surface area contributed by atoms with Crippen LogP contribution in [0.3, 0.4) is 0 Å². The average Bonchev–Trinajstić information content (AvgIpc) is 2.40. The molecule has 6 heteroatoms. The van der Waals surface area contributed by atoms with Crippen molar-refractivity contribution in [3.05, 3.63) is 59.2 Å². The van der Waals surface area contributed by atoms with Crippen LogP contribution in [-0.2, 0) is 16.4 Å². The lowest BCUT2D eigenvalue weighted by atomic mass is 10.1. The number of hydrogen-bond acceptors (Lipinski definition) is 2. The van der Waals surface area contributed by atoms with Crippen molar-refractivity contribution in [3.63, 3.8) is 0 Å². The first kappa shape index (κ1) is 15.4. The molecule has 2 aromatic rings. The molecular weight excluding hydrogens is 296 g/mol. The van der Waals surface area contributed by atoms with Crippen LogP contribution in [0.4, 0.5) is 14.5 Å². The Labute approximate surface area is 122 Å². The largest absolute Gasteiger partial charge is 0.279 e. The van der Waals surface area contributed by atoms with Gasteiger partial charge in [-0.3, -0.25) is 4.72 Å². The molecule has 0 radical (unpaired) electrons. The van der Waals surface area contributed by atoms with Gasteiger partial charge in [-0.05, 0) is 36.6 Å². The second-order valence-electron chi connectivity index (χ2n) is 4.64. The summed E-state index contributed by atoms with van der Waals surface area (Å²) in [5.41, 5.74) is 1.98. The van der Waals surface area contributed by atoms with E-state index in [4.69, 9.17) is 0 Å². The first-order valence-corrected chi connectivity index (χ1v) is 7.90. The summed E-state index contributed by atoms with van der Waals surface area (Å²) in [7, 11) is -4.11. The van der Waals surface area contributed by atoms with Gasteiger partial charge in [-0.25, -0.2) is 17.2 Å². The average molecular weight is 311 g/mol. The summed E-state index contributed by atoms with van der Waals surface area (Å²) in [4.78, 5) is -0.575. The van der Waals surface area contributed by atoms with Gasteiger partial charge in [-0.2, -0.15) is 0 Å². The number of hydrogen-bond donors (Lipinski definition) is 1. The van der Waals surface area contributed by atoms with Crippen molar-refractivity contribution >= 4 is 15.7 Å². The molecule has 2 aromatic carbocycles. The van der Waals surface area contributed by atoms with E-state index in [1.165, 1.54) is 0 Å². The zero-order valence-corrected chi connectivity index (χ0v) is 12.5. The van der Waals surface area contributed by atoms with E-state index in [2.05, 4.69) is 4.72 Å². The lowest BCUT2D eigenvalue weighted by molar-refractivity contribution is 0.551. The highest BCUT2D eigenvalue weighted by atomic mass is 32.2. The molecule has 3 nitrogen and oxygen atoms in total. The maximum Gasteiger partial charge on any atom is 0.264 e. The third-order valence-electron chi connectivity index (χ3n) is 3.16. The molecule has 0 spiro atoms. The summed E-state index contributed by atoms with van der Waals surface area (Å²) in [6, 6.07) is 7.76. The smallest absolute Gasteiger partial charge is 0.264 e. The standard InChI is InChI=1S/C15H15F2NO2S/c1-3-11-6-4-5-10(2)15(11)18-21(19,20)14-8-7-12(16)9-13(14)17/h4-9,18H,3H2,1-2H3. The zero-order chi connectivity index (χ0) is 15.6. The highest BCUT2D eigenvalue weighted by Crippen LogP contribution is 2.25. The number of anilines is 1. The first-order valence-electron chi connectivity index (χ1n) is 6.41. The lowest BCUT2D eigenvalue weighted by Crippen LogP contribution is -2.16. The van der Waals surface area contributed by atoms with Crippen LogP contribution in [0.1, 0.15) is 18.1 Å². The van der Waals surface area contributed by atoms with Crippen molar-refractivity contribution in [2.24, 2.45) is 0 Å². The lowest BCUT2D eigenvalue weighted by Gasteiger charge is -2.14. The number of sulfonamides is 1. The van der Waals surface area contributed by atoms with Crippen LogP contribution in [0.2, 0.25) is 0 Å². The van der Waals surface area contributed by atoms with Crippen molar-refractivity contribution in [1.29, 1.82) is 0 Å². The zero-order valence-electron chi connectivity index (χ0n) is 11.7. The fraction of sp³-hybridized carbons (Fsp3) is 0.200. The second-order valence-corrected chi connectivity index (χ2v) is 6.29. The molecule has 0 bridgehead atoms. The van der Waals surface area contributed by atoms with Gasteiger partial charge in [0.15, 0.2) is 0 Å². The number of para-hydroxylation sites is 1. The van der Waals surface area contributed by atoms with Gasteiger partial charge in [-0.15, -0.1) is 0 Å². The predicted molar refractivity (Wildman–Crippen MR) is 77.7 cm³/mol. The Kier molecular flexibility index (Phi) is 4.27. The van der Waals surface area contributed by atoms with Crippen LogP contribution < -0.4 is 4.72 Å². The monoisotopic (exact) mass is 311 g/mol. The third-order valence-corrected chi connectivity index (χ3v) is 4.54. The molecule has 1 N–H and O–H groups in total. The fourth-order valence-electron chi connectivity index (χ4n) is 2.05. The van der Waals surface area contributed by atoms with E-state index in [0.29, 0.717) is 18.2 Å². The van der Waals surface area contributed by atoms with E-state index in [1.807, 2.05) is 13.0 Å². The molecule has 21 heavy (non-hydrogen) atoms. The van der Waals surface area contributed by atoms with E-state index in [0.717, 1.165) is 23.3 Å². The quantitative estimate of drug-likeness (QED) is 0.937. The molecule has 0 aliphatic heterocycles. The van der Waals surface area contributed by atoms with Gasteiger partial charge in [0.2, 0.25) is 0 Å². The van der Waals surface area contributed by atoms with Gasteiger partial charge in [0, 0.05) is 6.07 Å². The molecule has 0 heterocycles. The van der Waals surface area contributed by atoms with E-state index in [-0.39, 0.29) is 0 Å². The van der Waals surface area contributed by atoms with Crippen molar-refractivity contribution in [3.8, 4) is 0 Å². The predicted octanol–water partition coefficient (Wildman–Crippen LogP) is 3.64. The van der Waals surface area contributed by atoms with Crippen LogP contribution in [0.25, 0.3) is 0 Å². The first-order chi connectivity index (χ1) is 9.85. The molecule has 0 atom stereocenters. The Morgan fingerprint density at radius 2 is 1.86 bits per heavy atom. The SMILES string of the molecule is CCc1cccc(C)c1NS(=O)(=O)c1ccc(F)cc1F. The number of benzene rings is 2. The highest BCUT2D eigenvalue weighted by Gasteiger charge is 2.21. The van der Waals surface area contributed by atoms with Crippen LogP contribution in [0.5, 0.6) is 0 Å². The van der Waals surface area contributed by atoms with Gasteiger partial charge in [-0.1, -0.05) is 25.1 Å². The van der Waals surface area contributed by atoms with Gasteiger partial charge in [0.05, 0.1) is 5.69 Å².